The maximum Gasteiger partial charge on any atom is 0.164 e. The van der Waals surface area contributed by atoms with Gasteiger partial charge in [-0.3, -0.25) is 0 Å². The Morgan fingerprint density at radius 2 is 0.877 bits per heavy atom. The highest BCUT2D eigenvalue weighted by molar-refractivity contribution is 6.13. The van der Waals surface area contributed by atoms with Gasteiger partial charge in [0.1, 0.15) is 22.3 Å². The van der Waals surface area contributed by atoms with Crippen molar-refractivity contribution in [2.75, 3.05) is 0 Å². The van der Waals surface area contributed by atoms with Crippen molar-refractivity contribution in [3.05, 3.63) is 182 Å². The minimum atomic E-state index is 0.605. The zero-order valence-electron chi connectivity index (χ0n) is 30.4. The molecule has 0 saturated carbocycles. The van der Waals surface area contributed by atoms with Gasteiger partial charge in [0.15, 0.2) is 17.5 Å². The minimum Gasteiger partial charge on any atom is -0.456 e. The molecule has 0 N–H and O–H groups in total. The van der Waals surface area contributed by atoms with E-state index in [1.807, 2.05) is 72.8 Å². The molecule has 0 spiro atoms. The number of hydrogen-bond acceptors (Lipinski definition) is 5. The molecule has 0 amide bonds. The van der Waals surface area contributed by atoms with Gasteiger partial charge >= 0.3 is 0 Å². The number of hydrogen-bond donors (Lipinski definition) is 0. The number of furan rings is 2. The van der Waals surface area contributed by atoms with Gasteiger partial charge in [-0.1, -0.05) is 121 Å². The third-order valence-electron chi connectivity index (χ3n) is 11.1. The average Bonchev–Trinajstić information content (AvgIpc) is 3.95. The lowest BCUT2D eigenvalue weighted by Gasteiger charge is -2.08. The van der Waals surface area contributed by atoms with Gasteiger partial charge in [-0.25, -0.2) is 15.0 Å². The van der Waals surface area contributed by atoms with Gasteiger partial charge in [0.05, 0.1) is 11.0 Å². The molecule has 0 radical (unpaired) electrons. The minimum absolute atomic E-state index is 0.605. The van der Waals surface area contributed by atoms with Crippen LogP contribution in [0.25, 0.3) is 117 Å². The van der Waals surface area contributed by atoms with Crippen LogP contribution in [0.2, 0.25) is 0 Å². The van der Waals surface area contributed by atoms with Crippen LogP contribution < -0.4 is 0 Å². The lowest BCUT2D eigenvalue weighted by Crippen LogP contribution is -2.00. The van der Waals surface area contributed by atoms with Crippen molar-refractivity contribution in [3.63, 3.8) is 0 Å². The Kier molecular flexibility index (Phi) is 6.83. The highest BCUT2D eigenvalue weighted by Crippen LogP contribution is 2.41. The maximum absolute atomic E-state index is 6.64. The molecule has 8 aromatic carbocycles. The van der Waals surface area contributed by atoms with E-state index in [0.717, 1.165) is 77.4 Å². The van der Waals surface area contributed by atoms with Crippen molar-refractivity contribution >= 4 is 65.7 Å². The van der Waals surface area contributed by atoms with Gasteiger partial charge in [-0.05, 0) is 60.2 Å². The fourth-order valence-electron chi connectivity index (χ4n) is 8.38. The van der Waals surface area contributed by atoms with Crippen LogP contribution >= 0.6 is 0 Å². The highest BCUT2D eigenvalue weighted by Gasteiger charge is 2.18. The first-order valence-corrected chi connectivity index (χ1v) is 19.0. The van der Waals surface area contributed by atoms with Gasteiger partial charge in [0.25, 0.3) is 0 Å². The molecule has 0 unspecified atom stereocenters. The highest BCUT2D eigenvalue weighted by atomic mass is 16.3. The monoisotopic (exact) mass is 730 g/mol. The van der Waals surface area contributed by atoms with E-state index in [4.69, 9.17) is 23.8 Å². The first kappa shape index (κ1) is 31.5. The largest absolute Gasteiger partial charge is 0.456 e. The van der Waals surface area contributed by atoms with Crippen molar-refractivity contribution < 1.29 is 8.83 Å². The zero-order chi connectivity index (χ0) is 37.5. The summed E-state index contributed by atoms with van der Waals surface area (Å²) in [6, 6.07) is 62.7. The van der Waals surface area contributed by atoms with E-state index in [-0.39, 0.29) is 0 Å². The van der Waals surface area contributed by atoms with Crippen LogP contribution in [-0.2, 0) is 0 Å². The van der Waals surface area contributed by atoms with E-state index in [1.54, 1.807) is 0 Å². The molecule has 57 heavy (non-hydrogen) atoms. The van der Waals surface area contributed by atoms with Crippen LogP contribution in [0, 0.1) is 0 Å². The van der Waals surface area contributed by atoms with E-state index in [9.17, 15) is 0 Å². The summed E-state index contributed by atoms with van der Waals surface area (Å²) in [6.07, 6.45) is 0. The molecule has 6 nitrogen and oxygen atoms in total. The third kappa shape index (κ3) is 5.01. The number of aromatic nitrogens is 4. The molecule has 0 aliphatic carbocycles. The van der Waals surface area contributed by atoms with Gasteiger partial charge < -0.3 is 13.4 Å². The molecule has 12 rings (SSSR count). The zero-order valence-corrected chi connectivity index (χ0v) is 30.4. The summed E-state index contributed by atoms with van der Waals surface area (Å²) in [7, 11) is 0. The fraction of sp³-hybridized carbons (Fsp3) is 0. The Hall–Kier alpha value is -7.83. The molecule has 6 heteroatoms. The molecule has 0 aliphatic heterocycles. The summed E-state index contributed by atoms with van der Waals surface area (Å²) < 4.78 is 15.5. The van der Waals surface area contributed by atoms with Crippen molar-refractivity contribution in [3.8, 4) is 51.0 Å². The summed E-state index contributed by atoms with van der Waals surface area (Å²) in [5.74, 6) is 1.86. The molecule has 12 aromatic rings. The van der Waals surface area contributed by atoms with Crippen molar-refractivity contribution in [2.24, 2.45) is 0 Å². The van der Waals surface area contributed by atoms with Crippen LogP contribution in [0.1, 0.15) is 0 Å². The van der Waals surface area contributed by atoms with Crippen molar-refractivity contribution in [2.45, 2.75) is 0 Å². The fourth-order valence-corrected chi connectivity index (χ4v) is 8.38. The second kappa shape index (κ2) is 12.3. The van der Waals surface area contributed by atoms with E-state index >= 15 is 0 Å². The molecular weight excluding hydrogens is 701 g/mol. The van der Waals surface area contributed by atoms with Gasteiger partial charge in [0, 0.05) is 66.3 Å². The summed E-state index contributed by atoms with van der Waals surface area (Å²) in [5.41, 5.74) is 11.6. The number of benzene rings is 8. The molecule has 0 aliphatic rings. The summed E-state index contributed by atoms with van der Waals surface area (Å²) in [4.78, 5) is 14.8. The lowest BCUT2D eigenvalue weighted by molar-refractivity contribution is 0.668. The first-order valence-electron chi connectivity index (χ1n) is 19.0. The molecule has 0 atom stereocenters. The lowest BCUT2D eigenvalue weighted by atomic mass is 10.00. The van der Waals surface area contributed by atoms with Crippen LogP contribution in [0.3, 0.4) is 0 Å². The van der Waals surface area contributed by atoms with Crippen molar-refractivity contribution in [1.29, 1.82) is 0 Å². The molecular formula is C51H30N4O2. The van der Waals surface area contributed by atoms with Crippen LogP contribution in [0.4, 0.5) is 0 Å². The van der Waals surface area contributed by atoms with Crippen LogP contribution in [0.5, 0.6) is 0 Å². The Morgan fingerprint density at radius 3 is 1.56 bits per heavy atom. The first-order chi connectivity index (χ1) is 28.2. The summed E-state index contributed by atoms with van der Waals surface area (Å²) >= 11 is 0. The normalized spacial score (nSPS) is 11.9. The quantitative estimate of drug-likeness (QED) is 0.176. The van der Waals surface area contributed by atoms with Crippen LogP contribution in [-0.4, -0.2) is 19.5 Å². The standard InChI is InChI=1S/C51H30N4O2/c1-3-12-31(13-4-1)49-52-50(32-14-5-2-6-15-32)54-51(53-49)34-23-27-46-42(29-34)40-19-11-18-36(48(40)57-46)33-22-26-45-41(28-33)39-25-24-35(30-47(39)56-45)55-43-20-9-7-16-37(43)38-17-8-10-21-44(38)55/h1-30H. The summed E-state index contributed by atoms with van der Waals surface area (Å²) in [5, 5.41) is 6.62. The second-order valence-corrected chi connectivity index (χ2v) is 14.4. The van der Waals surface area contributed by atoms with Gasteiger partial charge in [0.2, 0.25) is 0 Å². The molecule has 4 heterocycles. The Morgan fingerprint density at radius 1 is 0.333 bits per heavy atom. The molecule has 0 saturated heterocycles. The second-order valence-electron chi connectivity index (χ2n) is 14.4. The van der Waals surface area contributed by atoms with Crippen molar-refractivity contribution in [1.82, 2.24) is 19.5 Å². The molecule has 4 aromatic heterocycles. The Bertz CT molecular complexity index is 3410. The van der Waals surface area contributed by atoms with E-state index in [2.05, 4.69) is 114 Å². The predicted octanol–water partition coefficient (Wildman–Crippen LogP) is 13.4. The SMILES string of the molecule is c1ccc(-c2nc(-c3ccccc3)nc(-c3ccc4oc5c(-c6ccc7oc8cc(-n9c%10ccccc%10c%10ccccc%109)ccc8c7c6)cccc5c4c3)n2)cc1. The smallest absolute Gasteiger partial charge is 0.164 e. The van der Waals surface area contributed by atoms with E-state index in [0.29, 0.717) is 17.5 Å². The van der Waals surface area contributed by atoms with Crippen LogP contribution in [0.15, 0.2) is 191 Å². The van der Waals surface area contributed by atoms with Gasteiger partial charge in [-0.2, -0.15) is 0 Å². The van der Waals surface area contributed by atoms with Gasteiger partial charge in [-0.15, -0.1) is 0 Å². The molecule has 266 valence electrons. The Labute approximate surface area is 325 Å². The number of nitrogens with zero attached hydrogens (tertiary/aromatic N) is 4. The predicted molar refractivity (Wildman–Crippen MR) is 230 cm³/mol. The number of rotatable bonds is 5. The maximum atomic E-state index is 6.64. The molecule has 0 fully saturated rings. The van der Waals surface area contributed by atoms with E-state index < -0.39 is 0 Å². The summed E-state index contributed by atoms with van der Waals surface area (Å²) in [6.45, 7) is 0. The average molecular weight is 731 g/mol. The molecule has 0 bridgehead atoms. The number of para-hydroxylation sites is 3. The number of fused-ring (bicyclic) bond motifs is 9. The third-order valence-corrected chi connectivity index (χ3v) is 11.1. The van der Waals surface area contributed by atoms with E-state index in [1.165, 1.54) is 21.8 Å². The Balaban J connectivity index is 0.962. The topological polar surface area (TPSA) is 69.9 Å².